The molecule has 24 heavy (non-hydrogen) atoms. The molecule has 2 N–H and O–H groups in total. The maximum atomic E-state index is 12.4. The van der Waals surface area contributed by atoms with E-state index in [0.29, 0.717) is 13.0 Å². The minimum atomic E-state index is -4.17. The van der Waals surface area contributed by atoms with Crippen LogP contribution in [0, 0.1) is 17.8 Å². The number of carbonyl (C=O) groups is 1. The van der Waals surface area contributed by atoms with Crippen molar-refractivity contribution < 1.29 is 18.0 Å². The van der Waals surface area contributed by atoms with E-state index in [1.807, 2.05) is 0 Å². The molecule has 0 aromatic carbocycles. The Bertz CT molecular complexity index is 473. The molecule has 0 radical (unpaired) electrons. The number of halogens is 3. The van der Waals surface area contributed by atoms with Crippen molar-refractivity contribution in [2.75, 3.05) is 19.6 Å². The smallest absolute Gasteiger partial charge is 0.334 e. The van der Waals surface area contributed by atoms with Crippen LogP contribution in [0.2, 0.25) is 0 Å². The van der Waals surface area contributed by atoms with Crippen LogP contribution in [0.25, 0.3) is 0 Å². The first-order chi connectivity index (χ1) is 11.3. The SMILES string of the molecule is O=C(N[C@H]1CCN(CC(F)(F)F)C1)NC12CC3CC(CC(C3)C1)C2. The highest BCUT2D eigenvalue weighted by atomic mass is 19.4. The first-order valence-corrected chi connectivity index (χ1v) is 9.16. The molecule has 2 amide bonds. The van der Waals surface area contributed by atoms with E-state index >= 15 is 0 Å². The van der Waals surface area contributed by atoms with Crippen LogP contribution in [-0.2, 0) is 0 Å². The van der Waals surface area contributed by atoms with Crippen molar-refractivity contribution in [3.05, 3.63) is 0 Å². The Kier molecular flexibility index (Phi) is 3.97. The van der Waals surface area contributed by atoms with Crippen LogP contribution < -0.4 is 10.6 Å². The van der Waals surface area contributed by atoms with Gasteiger partial charge in [-0.3, -0.25) is 4.90 Å². The number of amides is 2. The van der Waals surface area contributed by atoms with E-state index in [-0.39, 0.29) is 24.2 Å². The summed E-state index contributed by atoms with van der Waals surface area (Å²) >= 11 is 0. The summed E-state index contributed by atoms with van der Waals surface area (Å²) in [5.74, 6) is 2.26. The van der Waals surface area contributed by atoms with Gasteiger partial charge in [-0.05, 0) is 62.7 Å². The van der Waals surface area contributed by atoms with Crippen LogP contribution in [0.1, 0.15) is 44.9 Å². The minimum Gasteiger partial charge on any atom is -0.334 e. The second kappa shape index (κ2) is 5.78. The fourth-order valence-corrected chi connectivity index (χ4v) is 6.07. The zero-order chi connectivity index (χ0) is 16.9. The molecule has 5 rings (SSSR count). The van der Waals surface area contributed by atoms with E-state index in [4.69, 9.17) is 0 Å². The molecule has 0 unspecified atom stereocenters. The Hall–Kier alpha value is -0.980. The maximum absolute atomic E-state index is 12.4. The van der Waals surface area contributed by atoms with Gasteiger partial charge in [-0.1, -0.05) is 0 Å². The molecule has 0 spiro atoms. The van der Waals surface area contributed by atoms with Crippen molar-refractivity contribution in [3.63, 3.8) is 0 Å². The first kappa shape index (κ1) is 16.5. The Balaban J connectivity index is 1.29. The van der Waals surface area contributed by atoms with Crippen molar-refractivity contribution in [1.29, 1.82) is 0 Å². The number of hydrogen-bond donors (Lipinski definition) is 2. The van der Waals surface area contributed by atoms with Crippen molar-refractivity contribution in [2.24, 2.45) is 17.8 Å². The molecule has 136 valence electrons. The topological polar surface area (TPSA) is 44.4 Å². The number of likely N-dealkylation sites (tertiary alicyclic amines) is 1. The predicted octanol–water partition coefficient (Wildman–Crippen LogP) is 2.89. The number of hydrogen-bond acceptors (Lipinski definition) is 2. The molecule has 1 saturated heterocycles. The van der Waals surface area contributed by atoms with Gasteiger partial charge in [0, 0.05) is 24.7 Å². The van der Waals surface area contributed by atoms with Crippen molar-refractivity contribution in [2.45, 2.75) is 62.7 Å². The molecule has 1 atom stereocenters. The molecule has 4 nitrogen and oxygen atoms in total. The molecule has 4 bridgehead atoms. The van der Waals surface area contributed by atoms with Crippen LogP contribution in [0.5, 0.6) is 0 Å². The normalized spacial score (nSPS) is 41.6. The van der Waals surface area contributed by atoms with Gasteiger partial charge in [-0.15, -0.1) is 0 Å². The lowest BCUT2D eigenvalue weighted by molar-refractivity contribution is -0.143. The van der Waals surface area contributed by atoms with E-state index in [2.05, 4.69) is 10.6 Å². The summed E-state index contributed by atoms with van der Waals surface area (Å²) in [6.07, 6.45) is 3.61. The second-order valence-corrected chi connectivity index (χ2v) is 8.63. The van der Waals surface area contributed by atoms with Crippen LogP contribution in [0.4, 0.5) is 18.0 Å². The van der Waals surface area contributed by atoms with E-state index in [1.165, 1.54) is 24.2 Å². The third-order valence-corrected chi connectivity index (χ3v) is 6.43. The van der Waals surface area contributed by atoms with Crippen molar-refractivity contribution >= 4 is 6.03 Å². The zero-order valence-corrected chi connectivity index (χ0v) is 13.9. The number of nitrogens with one attached hydrogen (secondary N) is 2. The van der Waals surface area contributed by atoms with E-state index in [1.54, 1.807) is 0 Å². The Morgan fingerprint density at radius 3 is 2.21 bits per heavy atom. The lowest BCUT2D eigenvalue weighted by atomic mass is 9.53. The molecule has 1 aliphatic heterocycles. The van der Waals surface area contributed by atoms with E-state index < -0.39 is 12.7 Å². The summed E-state index contributed by atoms with van der Waals surface area (Å²) in [7, 11) is 0. The van der Waals surface area contributed by atoms with Crippen LogP contribution >= 0.6 is 0 Å². The van der Waals surface area contributed by atoms with Gasteiger partial charge < -0.3 is 10.6 Å². The van der Waals surface area contributed by atoms with Crippen LogP contribution in [0.15, 0.2) is 0 Å². The second-order valence-electron chi connectivity index (χ2n) is 8.63. The number of alkyl halides is 3. The summed E-state index contributed by atoms with van der Waals surface area (Å²) in [5, 5.41) is 6.13. The van der Waals surface area contributed by atoms with Gasteiger partial charge in [0.1, 0.15) is 0 Å². The van der Waals surface area contributed by atoms with Gasteiger partial charge in [-0.2, -0.15) is 13.2 Å². The Morgan fingerprint density at radius 1 is 1.08 bits per heavy atom. The van der Waals surface area contributed by atoms with Gasteiger partial charge in [0.25, 0.3) is 0 Å². The molecule has 5 aliphatic rings. The van der Waals surface area contributed by atoms with Gasteiger partial charge in [-0.25, -0.2) is 4.79 Å². The molecule has 4 aliphatic carbocycles. The highest BCUT2D eigenvalue weighted by Gasteiger charge is 2.51. The lowest BCUT2D eigenvalue weighted by Crippen LogP contribution is -2.62. The van der Waals surface area contributed by atoms with Gasteiger partial charge in [0.2, 0.25) is 0 Å². The zero-order valence-electron chi connectivity index (χ0n) is 13.9. The lowest BCUT2D eigenvalue weighted by Gasteiger charge is -2.56. The van der Waals surface area contributed by atoms with Gasteiger partial charge >= 0.3 is 12.2 Å². The summed E-state index contributed by atoms with van der Waals surface area (Å²) in [5.41, 5.74) is -0.0525. The monoisotopic (exact) mass is 345 g/mol. The fraction of sp³-hybridized carbons (Fsp3) is 0.941. The summed E-state index contributed by atoms with van der Waals surface area (Å²) in [6, 6.07) is -0.364. The summed E-state index contributed by atoms with van der Waals surface area (Å²) in [6.45, 7) is -0.211. The first-order valence-electron chi connectivity index (χ1n) is 9.16. The quantitative estimate of drug-likeness (QED) is 0.826. The standard InChI is InChI=1S/C17H26F3N3O/c18-17(19,20)10-23-2-1-14(9-23)21-15(24)22-16-6-11-3-12(7-16)5-13(4-11)8-16/h11-14H,1-10H2,(H2,21,22,24)/t11?,12?,13?,14-,16?/m0/s1. The Morgan fingerprint density at radius 2 is 1.67 bits per heavy atom. The third kappa shape index (κ3) is 3.51. The molecular weight excluding hydrogens is 319 g/mol. The van der Waals surface area contributed by atoms with E-state index in [0.717, 1.165) is 37.0 Å². The highest BCUT2D eigenvalue weighted by molar-refractivity contribution is 5.75. The fourth-order valence-electron chi connectivity index (χ4n) is 6.07. The van der Waals surface area contributed by atoms with Crippen molar-refractivity contribution in [1.82, 2.24) is 15.5 Å². The molecule has 0 aromatic heterocycles. The van der Waals surface area contributed by atoms with Crippen molar-refractivity contribution in [3.8, 4) is 0 Å². The molecule has 4 saturated carbocycles. The number of urea groups is 1. The minimum absolute atomic E-state index is 0.0525. The van der Waals surface area contributed by atoms with E-state index in [9.17, 15) is 18.0 Å². The van der Waals surface area contributed by atoms with Crippen LogP contribution in [0.3, 0.4) is 0 Å². The molecule has 0 aromatic rings. The molecular formula is C17H26F3N3O. The number of rotatable bonds is 3. The highest BCUT2D eigenvalue weighted by Crippen LogP contribution is 2.55. The number of nitrogens with zero attached hydrogens (tertiary/aromatic N) is 1. The summed E-state index contributed by atoms with van der Waals surface area (Å²) < 4.78 is 37.3. The maximum Gasteiger partial charge on any atom is 0.401 e. The third-order valence-electron chi connectivity index (χ3n) is 6.43. The predicted molar refractivity (Wildman–Crippen MR) is 83.5 cm³/mol. The molecule has 7 heteroatoms. The van der Waals surface area contributed by atoms with Gasteiger partial charge in [0.05, 0.1) is 6.54 Å². The molecule has 5 fully saturated rings. The van der Waals surface area contributed by atoms with Crippen LogP contribution in [-0.4, -0.2) is 48.3 Å². The average Bonchev–Trinajstić information content (AvgIpc) is 2.80. The Labute approximate surface area is 140 Å². The van der Waals surface area contributed by atoms with Gasteiger partial charge in [0.15, 0.2) is 0 Å². The molecule has 1 heterocycles. The average molecular weight is 345 g/mol. The number of carbonyl (C=O) groups excluding carboxylic acids is 1. The summed E-state index contributed by atoms with van der Waals surface area (Å²) in [4.78, 5) is 13.8. The largest absolute Gasteiger partial charge is 0.401 e.